The molecule has 2 aromatic rings. The Bertz CT molecular complexity index is 749. The number of hydrogen-bond donors (Lipinski definition) is 3. The number of thiocarbonyl (C=S) groups is 1. The van der Waals surface area contributed by atoms with Gasteiger partial charge in [-0.1, -0.05) is 28.1 Å². The zero-order chi connectivity index (χ0) is 16.1. The van der Waals surface area contributed by atoms with Gasteiger partial charge in [-0.05, 0) is 48.6 Å². The first-order valence-corrected chi connectivity index (χ1v) is 7.43. The average molecular weight is 378 g/mol. The highest BCUT2D eigenvalue weighted by Gasteiger charge is 2.09. The highest BCUT2D eigenvalue weighted by atomic mass is 79.9. The van der Waals surface area contributed by atoms with Crippen LogP contribution in [-0.2, 0) is 0 Å². The van der Waals surface area contributed by atoms with Crippen LogP contribution in [0.25, 0.3) is 0 Å². The van der Waals surface area contributed by atoms with Gasteiger partial charge in [-0.2, -0.15) is 0 Å². The minimum Gasteiger partial charge on any atom is -0.366 e. The van der Waals surface area contributed by atoms with Gasteiger partial charge in [0.15, 0.2) is 5.11 Å². The first-order chi connectivity index (χ1) is 10.5. The topological polar surface area (TPSA) is 84.2 Å². The molecule has 0 spiro atoms. The fourth-order valence-corrected chi connectivity index (χ4v) is 2.33. The quantitative estimate of drug-likeness (QED) is 0.717. The smallest absolute Gasteiger partial charge is 0.257 e. The van der Waals surface area contributed by atoms with Gasteiger partial charge in [-0.15, -0.1) is 0 Å². The number of rotatable bonds is 3. The molecule has 112 valence electrons. The maximum Gasteiger partial charge on any atom is 0.257 e. The molecule has 0 fully saturated rings. The van der Waals surface area contributed by atoms with Crippen LogP contribution in [0.15, 0.2) is 53.0 Å². The van der Waals surface area contributed by atoms with Crippen molar-refractivity contribution in [2.24, 2.45) is 5.73 Å². The van der Waals surface area contributed by atoms with Gasteiger partial charge in [0.2, 0.25) is 5.91 Å². The summed E-state index contributed by atoms with van der Waals surface area (Å²) in [5, 5.41) is 5.53. The molecule has 0 saturated carbocycles. The molecule has 0 unspecified atom stereocenters. The van der Waals surface area contributed by atoms with Crippen LogP contribution in [0.5, 0.6) is 0 Å². The van der Waals surface area contributed by atoms with E-state index in [0.717, 1.165) is 4.47 Å². The fourth-order valence-electron chi connectivity index (χ4n) is 1.72. The number of benzene rings is 2. The van der Waals surface area contributed by atoms with Gasteiger partial charge in [-0.25, -0.2) is 0 Å². The molecule has 4 N–H and O–H groups in total. The van der Waals surface area contributed by atoms with Crippen molar-refractivity contribution in [1.29, 1.82) is 0 Å². The zero-order valence-corrected chi connectivity index (χ0v) is 13.7. The van der Waals surface area contributed by atoms with Crippen molar-refractivity contribution in [2.45, 2.75) is 0 Å². The minimum absolute atomic E-state index is 0.131. The number of halogens is 1. The van der Waals surface area contributed by atoms with Crippen LogP contribution in [0.2, 0.25) is 0 Å². The van der Waals surface area contributed by atoms with E-state index in [1.165, 1.54) is 0 Å². The van der Waals surface area contributed by atoms with Crippen LogP contribution in [0, 0.1) is 0 Å². The molecule has 0 aliphatic rings. The normalized spacial score (nSPS) is 9.86. The first kappa shape index (κ1) is 16.1. The van der Waals surface area contributed by atoms with Gasteiger partial charge in [0.05, 0.1) is 0 Å². The standard InChI is InChI=1S/C15H12BrN3O2S/c16-11-5-1-4-10(7-11)14(21)19-15(22)18-12-6-2-3-9(8-12)13(17)20/h1-8H,(H2,17,20)(H2,18,19,21,22). The Balaban J connectivity index is 2.02. The molecular formula is C15H12BrN3O2S. The number of anilines is 1. The van der Waals surface area contributed by atoms with E-state index < -0.39 is 5.91 Å². The number of carbonyl (C=O) groups excluding carboxylic acids is 2. The summed E-state index contributed by atoms with van der Waals surface area (Å²) < 4.78 is 0.799. The van der Waals surface area contributed by atoms with Gasteiger partial charge in [0, 0.05) is 21.3 Å². The Morgan fingerprint density at radius 1 is 1.05 bits per heavy atom. The third-order valence-corrected chi connectivity index (χ3v) is 3.42. The van der Waals surface area contributed by atoms with E-state index in [-0.39, 0.29) is 11.0 Å². The highest BCUT2D eigenvalue weighted by molar-refractivity contribution is 9.10. The van der Waals surface area contributed by atoms with E-state index in [9.17, 15) is 9.59 Å². The summed E-state index contributed by atoms with van der Waals surface area (Å²) in [4.78, 5) is 23.2. The zero-order valence-electron chi connectivity index (χ0n) is 11.3. The summed E-state index contributed by atoms with van der Waals surface area (Å²) in [7, 11) is 0. The molecular weight excluding hydrogens is 366 g/mol. The largest absolute Gasteiger partial charge is 0.366 e. The molecule has 2 amide bonds. The van der Waals surface area contributed by atoms with Gasteiger partial charge < -0.3 is 11.1 Å². The van der Waals surface area contributed by atoms with E-state index in [1.54, 1.807) is 42.5 Å². The van der Waals surface area contributed by atoms with Crippen molar-refractivity contribution in [2.75, 3.05) is 5.32 Å². The van der Waals surface area contributed by atoms with E-state index >= 15 is 0 Å². The number of hydrogen-bond acceptors (Lipinski definition) is 3. The minimum atomic E-state index is -0.535. The van der Waals surface area contributed by atoms with E-state index in [2.05, 4.69) is 26.6 Å². The number of nitrogens with one attached hydrogen (secondary N) is 2. The van der Waals surface area contributed by atoms with Gasteiger partial charge in [0.25, 0.3) is 5.91 Å². The van der Waals surface area contributed by atoms with E-state index in [0.29, 0.717) is 16.8 Å². The predicted octanol–water partition coefficient (Wildman–Crippen LogP) is 2.67. The van der Waals surface area contributed by atoms with E-state index in [4.69, 9.17) is 18.0 Å². The summed E-state index contributed by atoms with van der Waals surface area (Å²) >= 11 is 8.38. The van der Waals surface area contributed by atoms with Gasteiger partial charge in [-0.3, -0.25) is 14.9 Å². The monoisotopic (exact) mass is 377 g/mol. The van der Waals surface area contributed by atoms with Crippen molar-refractivity contribution < 1.29 is 9.59 Å². The Morgan fingerprint density at radius 3 is 2.41 bits per heavy atom. The molecule has 2 rings (SSSR count). The summed E-state index contributed by atoms with van der Waals surface area (Å²) in [5.41, 5.74) is 6.61. The highest BCUT2D eigenvalue weighted by Crippen LogP contribution is 2.12. The van der Waals surface area contributed by atoms with E-state index in [1.807, 2.05) is 6.07 Å². The maximum absolute atomic E-state index is 12.0. The molecule has 7 heteroatoms. The van der Waals surface area contributed by atoms with Crippen LogP contribution in [0.4, 0.5) is 5.69 Å². The Kier molecular flexibility index (Phi) is 5.24. The molecule has 5 nitrogen and oxygen atoms in total. The number of amides is 2. The third kappa shape index (κ3) is 4.37. The molecule has 0 aliphatic heterocycles. The van der Waals surface area contributed by atoms with Crippen molar-refractivity contribution in [3.8, 4) is 0 Å². The molecule has 0 heterocycles. The molecule has 22 heavy (non-hydrogen) atoms. The van der Waals surface area contributed by atoms with Gasteiger partial charge >= 0.3 is 0 Å². The molecule has 0 bridgehead atoms. The lowest BCUT2D eigenvalue weighted by molar-refractivity contribution is 0.0974. The van der Waals surface area contributed by atoms with Crippen LogP contribution in [0.3, 0.4) is 0 Å². The first-order valence-electron chi connectivity index (χ1n) is 6.23. The number of primary amides is 1. The number of nitrogens with two attached hydrogens (primary N) is 1. The second-order valence-electron chi connectivity index (χ2n) is 4.36. The Labute approximate surface area is 141 Å². The van der Waals surface area contributed by atoms with Gasteiger partial charge in [0.1, 0.15) is 0 Å². The SMILES string of the molecule is NC(=O)c1cccc(NC(=S)NC(=O)c2cccc(Br)c2)c1. The molecule has 0 atom stereocenters. The van der Waals surface area contributed by atoms with Crippen molar-refractivity contribution in [3.05, 3.63) is 64.1 Å². The van der Waals surface area contributed by atoms with Crippen LogP contribution < -0.4 is 16.4 Å². The number of carbonyl (C=O) groups is 2. The molecule has 0 aliphatic carbocycles. The van der Waals surface area contributed by atoms with Crippen molar-refractivity contribution >= 4 is 50.8 Å². The fraction of sp³-hybridized carbons (Fsp3) is 0. The Morgan fingerprint density at radius 2 is 1.73 bits per heavy atom. The van der Waals surface area contributed by atoms with Crippen LogP contribution in [-0.4, -0.2) is 16.9 Å². The molecule has 2 aromatic carbocycles. The average Bonchev–Trinajstić information content (AvgIpc) is 2.47. The van der Waals surface area contributed by atoms with Crippen molar-refractivity contribution in [3.63, 3.8) is 0 Å². The molecule has 0 saturated heterocycles. The maximum atomic E-state index is 12.0. The van der Waals surface area contributed by atoms with Crippen LogP contribution in [0.1, 0.15) is 20.7 Å². The summed E-state index contributed by atoms with van der Waals surface area (Å²) in [6.45, 7) is 0. The third-order valence-electron chi connectivity index (χ3n) is 2.72. The van der Waals surface area contributed by atoms with Crippen LogP contribution >= 0.6 is 28.1 Å². The predicted molar refractivity (Wildman–Crippen MR) is 92.8 cm³/mol. The molecule has 0 radical (unpaired) electrons. The summed E-state index contributed by atoms with van der Waals surface area (Å²) in [6, 6.07) is 13.5. The lowest BCUT2D eigenvalue weighted by atomic mass is 10.2. The molecule has 0 aromatic heterocycles. The lowest BCUT2D eigenvalue weighted by Crippen LogP contribution is -2.34. The summed E-state index contributed by atoms with van der Waals surface area (Å²) in [5.74, 6) is -0.863. The second-order valence-corrected chi connectivity index (χ2v) is 5.69. The van der Waals surface area contributed by atoms with Crippen molar-refractivity contribution in [1.82, 2.24) is 5.32 Å². The second kappa shape index (κ2) is 7.15. The lowest BCUT2D eigenvalue weighted by Gasteiger charge is -2.10. The Hall–Kier alpha value is -2.25. The summed E-state index contributed by atoms with van der Waals surface area (Å²) in [6.07, 6.45) is 0.